The molecule has 1 aromatic carbocycles. The van der Waals surface area contributed by atoms with Gasteiger partial charge in [0, 0.05) is 37.8 Å². The predicted molar refractivity (Wildman–Crippen MR) is 123 cm³/mol. The smallest absolute Gasteiger partial charge is 0.221 e. The quantitative estimate of drug-likeness (QED) is 0.603. The molecule has 1 N–H and O–H groups in total. The van der Waals surface area contributed by atoms with Crippen molar-refractivity contribution < 1.29 is 9.53 Å². The highest BCUT2D eigenvalue weighted by molar-refractivity contribution is 5.77. The number of carbonyl (C=O) groups excluding carboxylic acids is 1. The number of aromatic nitrogens is 2. The fourth-order valence-electron chi connectivity index (χ4n) is 4.47. The highest BCUT2D eigenvalue weighted by atomic mass is 16.5. The third kappa shape index (κ3) is 5.07. The SMILES string of the molecule is COc1cccc(C(CC(=O)NCCN2CCCCC2)c2cnc3c(C)cccn23)c1. The lowest BCUT2D eigenvalue weighted by Crippen LogP contribution is -2.38. The van der Waals surface area contributed by atoms with Crippen LogP contribution in [0, 0.1) is 6.92 Å². The normalized spacial score (nSPS) is 15.7. The van der Waals surface area contributed by atoms with Crippen LogP contribution in [-0.2, 0) is 4.79 Å². The van der Waals surface area contributed by atoms with E-state index in [4.69, 9.17) is 4.74 Å². The fraction of sp³-hybridized carbons (Fsp3) is 0.440. The van der Waals surface area contributed by atoms with Crippen LogP contribution in [0.4, 0.5) is 0 Å². The first-order valence-electron chi connectivity index (χ1n) is 11.2. The van der Waals surface area contributed by atoms with Gasteiger partial charge in [0.2, 0.25) is 5.91 Å². The Morgan fingerprint density at radius 3 is 2.84 bits per heavy atom. The van der Waals surface area contributed by atoms with Gasteiger partial charge in [-0.25, -0.2) is 4.98 Å². The molecule has 1 fully saturated rings. The zero-order chi connectivity index (χ0) is 21.6. The molecule has 3 aromatic rings. The first kappa shape index (κ1) is 21.4. The van der Waals surface area contributed by atoms with Gasteiger partial charge in [-0.2, -0.15) is 0 Å². The lowest BCUT2D eigenvalue weighted by Gasteiger charge is -2.26. The molecular weight excluding hydrogens is 388 g/mol. The van der Waals surface area contributed by atoms with Crippen LogP contribution in [0.1, 0.15) is 48.4 Å². The maximum absolute atomic E-state index is 12.9. The number of ether oxygens (including phenoxy) is 1. The van der Waals surface area contributed by atoms with E-state index in [-0.39, 0.29) is 11.8 Å². The Morgan fingerprint density at radius 1 is 1.19 bits per heavy atom. The molecule has 1 aliphatic heterocycles. The number of methoxy groups -OCH3 is 1. The molecule has 0 aliphatic carbocycles. The van der Waals surface area contributed by atoms with Crippen molar-refractivity contribution in [1.29, 1.82) is 0 Å². The van der Waals surface area contributed by atoms with Crippen LogP contribution in [-0.4, -0.2) is 53.5 Å². The van der Waals surface area contributed by atoms with Crippen molar-refractivity contribution in [3.05, 3.63) is 65.6 Å². The molecule has 0 saturated carbocycles. The van der Waals surface area contributed by atoms with Gasteiger partial charge in [-0.15, -0.1) is 0 Å². The molecule has 4 rings (SSSR count). The number of hydrogen-bond acceptors (Lipinski definition) is 4. The number of fused-ring (bicyclic) bond motifs is 1. The molecule has 1 atom stereocenters. The van der Waals surface area contributed by atoms with Crippen molar-refractivity contribution in [2.45, 2.75) is 38.5 Å². The van der Waals surface area contributed by atoms with Crippen LogP contribution in [0.15, 0.2) is 48.8 Å². The second kappa shape index (κ2) is 9.96. The van der Waals surface area contributed by atoms with Crippen LogP contribution in [0.25, 0.3) is 5.65 Å². The molecule has 1 amide bonds. The highest BCUT2D eigenvalue weighted by Gasteiger charge is 2.23. The van der Waals surface area contributed by atoms with Gasteiger partial charge in [-0.05, 0) is 62.2 Å². The summed E-state index contributed by atoms with van der Waals surface area (Å²) in [6.45, 7) is 5.95. The third-order valence-electron chi connectivity index (χ3n) is 6.20. The number of hydrogen-bond donors (Lipinski definition) is 1. The van der Waals surface area contributed by atoms with Crippen LogP contribution >= 0.6 is 0 Å². The maximum Gasteiger partial charge on any atom is 0.221 e. The van der Waals surface area contributed by atoms with E-state index in [0.29, 0.717) is 13.0 Å². The second-order valence-electron chi connectivity index (χ2n) is 8.35. The average Bonchev–Trinajstić information content (AvgIpc) is 3.23. The Kier molecular flexibility index (Phi) is 6.87. The van der Waals surface area contributed by atoms with E-state index in [1.165, 1.54) is 19.3 Å². The van der Waals surface area contributed by atoms with Gasteiger partial charge in [-0.1, -0.05) is 24.6 Å². The molecule has 0 radical (unpaired) electrons. The number of aryl methyl sites for hydroxylation is 1. The molecule has 1 saturated heterocycles. The zero-order valence-corrected chi connectivity index (χ0v) is 18.5. The minimum atomic E-state index is -0.109. The van der Waals surface area contributed by atoms with E-state index in [2.05, 4.69) is 38.7 Å². The summed E-state index contributed by atoms with van der Waals surface area (Å²) >= 11 is 0. The minimum Gasteiger partial charge on any atom is -0.497 e. The van der Waals surface area contributed by atoms with Crippen LogP contribution in [0.5, 0.6) is 5.75 Å². The number of rotatable bonds is 8. The lowest BCUT2D eigenvalue weighted by atomic mass is 9.92. The van der Waals surface area contributed by atoms with Crippen molar-refractivity contribution >= 4 is 11.6 Å². The average molecular weight is 421 g/mol. The summed E-state index contributed by atoms with van der Waals surface area (Å²) in [5.74, 6) is 0.743. The lowest BCUT2D eigenvalue weighted by molar-refractivity contribution is -0.121. The van der Waals surface area contributed by atoms with Crippen molar-refractivity contribution in [2.24, 2.45) is 0 Å². The second-order valence-corrected chi connectivity index (χ2v) is 8.35. The molecule has 1 unspecified atom stereocenters. The van der Waals surface area contributed by atoms with Crippen LogP contribution in [0.2, 0.25) is 0 Å². The Labute approximate surface area is 184 Å². The summed E-state index contributed by atoms with van der Waals surface area (Å²) in [7, 11) is 1.67. The molecule has 0 spiro atoms. The van der Waals surface area contributed by atoms with Crippen molar-refractivity contribution in [3.63, 3.8) is 0 Å². The molecule has 164 valence electrons. The molecule has 1 aliphatic rings. The molecular formula is C25H32N4O2. The maximum atomic E-state index is 12.9. The molecule has 6 nitrogen and oxygen atoms in total. The summed E-state index contributed by atoms with van der Waals surface area (Å²) in [6, 6.07) is 12.1. The summed E-state index contributed by atoms with van der Waals surface area (Å²) in [6.07, 6.45) is 8.14. The first-order chi connectivity index (χ1) is 15.2. The van der Waals surface area contributed by atoms with E-state index in [1.54, 1.807) is 7.11 Å². The van der Waals surface area contributed by atoms with E-state index < -0.39 is 0 Å². The van der Waals surface area contributed by atoms with Gasteiger partial charge < -0.3 is 19.4 Å². The fourth-order valence-corrected chi connectivity index (χ4v) is 4.47. The van der Waals surface area contributed by atoms with Gasteiger partial charge >= 0.3 is 0 Å². The molecule has 3 heterocycles. The van der Waals surface area contributed by atoms with E-state index in [1.807, 2.05) is 36.7 Å². The van der Waals surface area contributed by atoms with Gasteiger partial charge in [0.25, 0.3) is 0 Å². The number of nitrogens with one attached hydrogen (secondary N) is 1. The number of pyridine rings is 1. The number of nitrogens with zero attached hydrogens (tertiary/aromatic N) is 3. The first-order valence-corrected chi connectivity index (χ1v) is 11.2. The summed E-state index contributed by atoms with van der Waals surface area (Å²) < 4.78 is 7.54. The summed E-state index contributed by atoms with van der Waals surface area (Å²) in [5, 5.41) is 3.14. The molecule has 2 aromatic heterocycles. The van der Waals surface area contributed by atoms with Crippen molar-refractivity contribution in [2.75, 3.05) is 33.3 Å². The number of amides is 1. The van der Waals surface area contributed by atoms with Gasteiger partial charge in [-0.3, -0.25) is 4.79 Å². The standard InChI is InChI=1S/C25H32N4O2/c1-19-8-7-14-29-23(18-27-25(19)29)22(20-9-6-10-21(16-20)31-2)17-24(30)26-11-15-28-12-4-3-5-13-28/h6-10,14,16,18,22H,3-5,11-13,15,17H2,1-2H3,(H,26,30). The number of piperidine rings is 1. The highest BCUT2D eigenvalue weighted by Crippen LogP contribution is 2.31. The van der Waals surface area contributed by atoms with E-state index in [0.717, 1.165) is 47.9 Å². The van der Waals surface area contributed by atoms with Crippen LogP contribution in [0.3, 0.4) is 0 Å². The Morgan fingerprint density at radius 2 is 2.03 bits per heavy atom. The minimum absolute atomic E-state index is 0.0624. The monoisotopic (exact) mass is 420 g/mol. The van der Waals surface area contributed by atoms with Crippen molar-refractivity contribution in [1.82, 2.24) is 19.6 Å². The molecule has 0 bridgehead atoms. The van der Waals surface area contributed by atoms with E-state index in [9.17, 15) is 4.79 Å². The number of likely N-dealkylation sites (tertiary alicyclic amines) is 1. The largest absolute Gasteiger partial charge is 0.497 e. The summed E-state index contributed by atoms with van der Waals surface area (Å²) in [5.41, 5.74) is 4.10. The Bertz CT molecular complexity index is 1020. The molecule has 6 heteroatoms. The third-order valence-corrected chi connectivity index (χ3v) is 6.20. The van der Waals surface area contributed by atoms with Gasteiger partial charge in [0.15, 0.2) is 0 Å². The van der Waals surface area contributed by atoms with Crippen molar-refractivity contribution in [3.8, 4) is 5.75 Å². The number of benzene rings is 1. The van der Waals surface area contributed by atoms with Gasteiger partial charge in [0.1, 0.15) is 11.4 Å². The molecule has 31 heavy (non-hydrogen) atoms. The van der Waals surface area contributed by atoms with Gasteiger partial charge in [0.05, 0.1) is 12.8 Å². The Balaban J connectivity index is 1.53. The number of carbonyl (C=O) groups is 1. The number of imidazole rings is 1. The Hall–Kier alpha value is -2.86. The summed E-state index contributed by atoms with van der Waals surface area (Å²) in [4.78, 5) is 20.0. The van der Waals surface area contributed by atoms with Crippen LogP contribution < -0.4 is 10.1 Å². The zero-order valence-electron chi connectivity index (χ0n) is 18.5. The topological polar surface area (TPSA) is 58.9 Å². The van der Waals surface area contributed by atoms with E-state index >= 15 is 0 Å². The predicted octanol–water partition coefficient (Wildman–Crippen LogP) is 3.78.